The van der Waals surface area contributed by atoms with Crippen LogP contribution in [0.3, 0.4) is 0 Å². The lowest BCUT2D eigenvalue weighted by atomic mass is 10.2. The van der Waals surface area contributed by atoms with Crippen LogP contribution >= 0.6 is 11.8 Å². The molecule has 0 saturated carbocycles. The number of ether oxygens (including phenoxy) is 1. The molecule has 0 radical (unpaired) electrons. The highest BCUT2D eigenvalue weighted by molar-refractivity contribution is 8.19. The molecule has 6 heteroatoms. The topological polar surface area (TPSA) is 51.5 Å². The number of para-hydroxylation sites is 1. The first-order valence-corrected chi connectivity index (χ1v) is 10.6. The summed E-state index contributed by atoms with van der Waals surface area (Å²) in [4.78, 5) is 27.0. The van der Waals surface area contributed by atoms with Gasteiger partial charge in [0.2, 0.25) is 0 Å². The van der Waals surface area contributed by atoms with Crippen LogP contribution in [0.1, 0.15) is 23.9 Å². The fraction of sp³-hybridized carbons (Fsp3) is 0.167. The van der Waals surface area contributed by atoms with E-state index >= 15 is 0 Å². The number of nitrogens with zero attached hydrogens (tertiary/aromatic N) is 2. The van der Waals surface area contributed by atoms with Crippen LogP contribution in [-0.4, -0.2) is 22.3 Å². The fourth-order valence-electron chi connectivity index (χ4n) is 3.60. The maximum Gasteiger partial charge on any atom is 0.298 e. The number of benzene rings is 2. The van der Waals surface area contributed by atoms with Gasteiger partial charge in [0.25, 0.3) is 11.1 Å². The molecule has 0 bridgehead atoms. The number of hydrogen-bond donors (Lipinski definition) is 0. The largest absolute Gasteiger partial charge is 0.494 e. The van der Waals surface area contributed by atoms with E-state index in [4.69, 9.17) is 4.74 Å². The summed E-state index contributed by atoms with van der Waals surface area (Å²) in [6, 6.07) is 18.9. The molecular formula is C24H22N2O3S. The second-order valence-corrected chi connectivity index (χ2v) is 7.93. The van der Waals surface area contributed by atoms with E-state index in [2.05, 4.69) is 4.57 Å². The van der Waals surface area contributed by atoms with Crippen LogP contribution < -0.4 is 9.64 Å². The van der Waals surface area contributed by atoms with Gasteiger partial charge in [-0.3, -0.25) is 9.59 Å². The minimum absolute atomic E-state index is 0.280. The van der Waals surface area contributed by atoms with E-state index in [0.29, 0.717) is 17.2 Å². The fourth-order valence-corrected chi connectivity index (χ4v) is 4.43. The summed E-state index contributed by atoms with van der Waals surface area (Å²) in [5.74, 6) is 0.542. The van der Waals surface area contributed by atoms with Crippen molar-refractivity contribution in [2.45, 2.75) is 20.8 Å². The van der Waals surface area contributed by atoms with Crippen molar-refractivity contribution in [3.05, 3.63) is 82.5 Å². The van der Waals surface area contributed by atoms with Gasteiger partial charge in [0.15, 0.2) is 0 Å². The summed E-state index contributed by atoms with van der Waals surface area (Å²) in [5, 5.41) is -0.280. The van der Waals surface area contributed by atoms with E-state index in [1.54, 1.807) is 18.2 Å². The summed E-state index contributed by atoms with van der Waals surface area (Å²) in [6.07, 6.45) is 1.81. The van der Waals surface area contributed by atoms with Gasteiger partial charge in [0, 0.05) is 17.1 Å². The molecule has 4 rings (SSSR count). The molecular weight excluding hydrogens is 396 g/mol. The number of carbonyl (C=O) groups excluding carboxylic acids is 2. The third-order valence-corrected chi connectivity index (χ3v) is 5.84. The zero-order valence-electron chi connectivity index (χ0n) is 17.1. The highest BCUT2D eigenvalue weighted by Crippen LogP contribution is 2.36. The molecule has 152 valence electrons. The third-order valence-electron chi connectivity index (χ3n) is 4.97. The average molecular weight is 419 g/mol. The molecule has 0 unspecified atom stereocenters. The summed E-state index contributed by atoms with van der Waals surface area (Å²) in [6.45, 7) is 6.62. The van der Waals surface area contributed by atoms with Gasteiger partial charge < -0.3 is 9.30 Å². The zero-order chi connectivity index (χ0) is 21.3. The predicted octanol–water partition coefficient (Wildman–Crippen LogP) is 5.73. The van der Waals surface area contributed by atoms with Crippen LogP contribution in [0, 0.1) is 13.8 Å². The minimum atomic E-state index is -0.290. The smallest absolute Gasteiger partial charge is 0.298 e. The third kappa shape index (κ3) is 3.66. The van der Waals surface area contributed by atoms with Gasteiger partial charge >= 0.3 is 0 Å². The molecule has 0 atom stereocenters. The van der Waals surface area contributed by atoms with Crippen molar-refractivity contribution in [1.82, 2.24) is 4.57 Å². The molecule has 2 aromatic carbocycles. The normalized spacial score (nSPS) is 15.3. The number of rotatable bonds is 5. The Morgan fingerprint density at radius 3 is 2.33 bits per heavy atom. The van der Waals surface area contributed by atoms with Crippen LogP contribution in [-0.2, 0) is 4.79 Å². The standard InChI is InChI=1S/C24H22N2O3S/c1-4-29-21-12-10-20(11-13-21)25-16(2)14-18(17(25)3)15-22-23(27)26(24(28)30-22)19-8-6-5-7-9-19/h5-15H,4H2,1-3H3/b22-15+. The van der Waals surface area contributed by atoms with E-state index in [9.17, 15) is 9.59 Å². The van der Waals surface area contributed by atoms with Gasteiger partial charge in [-0.15, -0.1) is 0 Å². The van der Waals surface area contributed by atoms with Gasteiger partial charge in [0.1, 0.15) is 5.75 Å². The summed E-state index contributed by atoms with van der Waals surface area (Å²) in [5.41, 5.74) is 4.57. The van der Waals surface area contributed by atoms with E-state index in [1.165, 1.54) is 4.90 Å². The highest BCUT2D eigenvalue weighted by Gasteiger charge is 2.36. The molecule has 1 aliphatic rings. The summed E-state index contributed by atoms with van der Waals surface area (Å²) < 4.78 is 7.65. The van der Waals surface area contributed by atoms with Gasteiger partial charge in [0.05, 0.1) is 17.2 Å². The monoisotopic (exact) mass is 418 g/mol. The maximum atomic E-state index is 12.9. The number of hydrogen-bond acceptors (Lipinski definition) is 4. The number of anilines is 1. The zero-order valence-corrected chi connectivity index (χ0v) is 17.9. The number of aryl methyl sites for hydroxylation is 1. The van der Waals surface area contributed by atoms with E-state index in [1.807, 2.05) is 69.3 Å². The van der Waals surface area contributed by atoms with Crippen LogP contribution in [0.4, 0.5) is 10.5 Å². The van der Waals surface area contributed by atoms with Crippen LogP contribution in [0.15, 0.2) is 65.6 Å². The minimum Gasteiger partial charge on any atom is -0.494 e. The van der Waals surface area contributed by atoms with E-state index < -0.39 is 0 Å². The van der Waals surface area contributed by atoms with Crippen molar-refractivity contribution in [2.75, 3.05) is 11.5 Å². The number of amides is 2. The Morgan fingerprint density at radius 2 is 1.67 bits per heavy atom. The molecule has 30 heavy (non-hydrogen) atoms. The van der Waals surface area contributed by atoms with Crippen molar-refractivity contribution in [1.29, 1.82) is 0 Å². The van der Waals surface area contributed by atoms with Crippen molar-refractivity contribution >= 4 is 34.7 Å². The Balaban J connectivity index is 1.66. The number of aromatic nitrogens is 1. The SMILES string of the molecule is CCOc1ccc(-n2c(C)cc(/C=C3/SC(=O)N(c4ccccc4)C3=O)c2C)cc1. The number of thioether (sulfide) groups is 1. The van der Waals surface area contributed by atoms with Gasteiger partial charge in [-0.25, -0.2) is 4.90 Å². The van der Waals surface area contributed by atoms with Gasteiger partial charge in [-0.05, 0) is 86.6 Å². The lowest BCUT2D eigenvalue weighted by Crippen LogP contribution is -2.27. The molecule has 3 aromatic rings. The molecule has 0 aliphatic carbocycles. The second-order valence-electron chi connectivity index (χ2n) is 6.94. The molecule has 0 spiro atoms. The number of carbonyl (C=O) groups is 2. The molecule has 1 aliphatic heterocycles. The highest BCUT2D eigenvalue weighted by atomic mass is 32.2. The molecule has 1 fully saturated rings. The van der Waals surface area contributed by atoms with E-state index in [0.717, 1.165) is 40.2 Å². The lowest BCUT2D eigenvalue weighted by molar-refractivity contribution is -0.113. The van der Waals surface area contributed by atoms with E-state index in [-0.39, 0.29) is 11.1 Å². The van der Waals surface area contributed by atoms with Gasteiger partial charge in [-0.1, -0.05) is 18.2 Å². The predicted molar refractivity (Wildman–Crippen MR) is 121 cm³/mol. The first-order valence-electron chi connectivity index (χ1n) is 9.74. The number of imide groups is 1. The van der Waals surface area contributed by atoms with Crippen molar-refractivity contribution in [3.8, 4) is 11.4 Å². The molecule has 1 aromatic heterocycles. The molecule has 2 amide bonds. The van der Waals surface area contributed by atoms with Crippen LogP contribution in [0.25, 0.3) is 11.8 Å². The molecule has 0 N–H and O–H groups in total. The Kier molecular flexibility index (Phi) is 5.50. The first kappa shape index (κ1) is 20.0. The Morgan fingerprint density at radius 1 is 0.967 bits per heavy atom. The molecule has 5 nitrogen and oxygen atoms in total. The van der Waals surface area contributed by atoms with Crippen molar-refractivity contribution < 1.29 is 14.3 Å². The summed E-state index contributed by atoms with van der Waals surface area (Å²) in [7, 11) is 0. The van der Waals surface area contributed by atoms with Crippen LogP contribution in [0.5, 0.6) is 5.75 Å². The maximum absolute atomic E-state index is 12.9. The first-order chi connectivity index (χ1) is 14.5. The van der Waals surface area contributed by atoms with Crippen LogP contribution in [0.2, 0.25) is 0 Å². The molecule has 1 saturated heterocycles. The molecule has 2 heterocycles. The lowest BCUT2D eigenvalue weighted by Gasteiger charge is -2.11. The summed E-state index contributed by atoms with van der Waals surface area (Å²) >= 11 is 0.971. The second kappa shape index (κ2) is 8.24. The van der Waals surface area contributed by atoms with Crippen molar-refractivity contribution in [3.63, 3.8) is 0 Å². The van der Waals surface area contributed by atoms with Gasteiger partial charge in [-0.2, -0.15) is 0 Å². The Labute approximate surface area is 180 Å². The Bertz CT molecular complexity index is 1130. The van der Waals surface area contributed by atoms with Crippen molar-refractivity contribution in [2.24, 2.45) is 0 Å². The quantitative estimate of drug-likeness (QED) is 0.496. The Hall–Kier alpha value is -3.25. The average Bonchev–Trinajstić information content (AvgIpc) is 3.18.